The fourth-order valence-electron chi connectivity index (χ4n) is 4.59. The van der Waals surface area contributed by atoms with Crippen molar-refractivity contribution < 1.29 is 9.53 Å². The van der Waals surface area contributed by atoms with Gasteiger partial charge in [0.1, 0.15) is 22.0 Å². The number of anilines is 1. The maximum atomic E-state index is 13.7. The molecule has 0 atom stereocenters. The molecule has 184 valence electrons. The summed E-state index contributed by atoms with van der Waals surface area (Å²) in [5, 5.41) is 3.88. The Morgan fingerprint density at radius 1 is 1.22 bits per heavy atom. The number of hydrogen-bond acceptors (Lipinski definition) is 7. The Balaban J connectivity index is 1.50. The highest BCUT2D eigenvalue weighted by Crippen LogP contribution is 2.33. The Hall–Kier alpha value is -3.47. The monoisotopic (exact) mass is 522 g/mol. The highest BCUT2D eigenvalue weighted by molar-refractivity contribution is 7.24. The van der Waals surface area contributed by atoms with Gasteiger partial charge in [0.25, 0.3) is 5.91 Å². The molecule has 0 unspecified atom stereocenters. The molecule has 0 bridgehead atoms. The molecule has 1 amide bonds. The third-order valence-electron chi connectivity index (χ3n) is 6.45. The molecule has 1 saturated heterocycles. The number of hydrogen-bond donors (Lipinski definition) is 1. The third kappa shape index (κ3) is 3.91. The van der Waals surface area contributed by atoms with Crippen molar-refractivity contribution >= 4 is 60.7 Å². The average Bonchev–Trinajstić information content (AvgIpc) is 3.47. The number of morpholine rings is 1. The van der Waals surface area contributed by atoms with Gasteiger partial charge >= 0.3 is 0 Å². The number of ether oxygens (including phenoxy) is 1. The van der Waals surface area contributed by atoms with E-state index in [0.717, 1.165) is 34.9 Å². The van der Waals surface area contributed by atoms with Gasteiger partial charge in [-0.2, -0.15) is 0 Å². The number of aromatic nitrogens is 4. The molecule has 5 heterocycles. The van der Waals surface area contributed by atoms with Crippen LogP contribution in [0.2, 0.25) is 5.02 Å². The van der Waals surface area contributed by atoms with Crippen molar-refractivity contribution in [3.05, 3.63) is 69.4 Å². The predicted molar refractivity (Wildman–Crippen MR) is 142 cm³/mol. The number of benzene rings is 1. The molecule has 0 aliphatic carbocycles. The number of aryl methyl sites for hydroxylation is 1. The molecule has 5 aromatic rings. The summed E-state index contributed by atoms with van der Waals surface area (Å²) in [5.41, 5.74) is 1.10. The number of thiazole rings is 1. The van der Waals surface area contributed by atoms with Gasteiger partial charge in [-0.3, -0.25) is 14.0 Å². The SMILES string of the molecule is Cc1nccn1CCNC(=O)c1c(=O)c2ccc(N3CCOCC3)nc2n2c1sc1ccc(Cl)cc12. The van der Waals surface area contributed by atoms with Gasteiger partial charge in [-0.25, -0.2) is 9.97 Å². The van der Waals surface area contributed by atoms with Crippen molar-refractivity contribution in [2.45, 2.75) is 13.5 Å². The van der Waals surface area contributed by atoms with Gasteiger partial charge in [-0.05, 0) is 37.3 Å². The zero-order valence-electron chi connectivity index (χ0n) is 19.5. The van der Waals surface area contributed by atoms with E-state index in [1.54, 1.807) is 18.3 Å². The Labute approximate surface area is 214 Å². The summed E-state index contributed by atoms with van der Waals surface area (Å²) in [6, 6.07) is 9.16. The molecule has 11 heteroatoms. The fourth-order valence-corrected chi connectivity index (χ4v) is 5.92. The Kier molecular flexibility index (Phi) is 5.87. The first-order valence-corrected chi connectivity index (χ1v) is 12.9. The smallest absolute Gasteiger partial charge is 0.258 e. The summed E-state index contributed by atoms with van der Waals surface area (Å²) < 4.78 is 10.2. The van der Waals surface area contributed by atoms with Gasteiger partial charge in [0, 0.05) is 43.6 Å². The maximum absolute atomic E-state index is 13.7. The number of rotatable bonds is 5. The second-order valence-corrected chi connectivity index (χ2v) is 10.1. The number of fused-ring (bicyclic) bond motifs is 5. The second kappa shape index (κ2) is 9.20. The Morgan fingerprint density at radius 2 is 2.06 bits per heavy atom. The Morgan fingerprint density at radius 3 is 2.83 bits per heavy atom. The van der Waals surface area contributed by atoms with Crippen molar-refractivity contribution in [2.75, 3.05) is 37.7 Å². The predicted octanol–water partition coefficient (Wildman–Crippen LogP) is 3.49. The van der Waals surface area contributed by atoms with Crippen molar-refractivity contribution in [2.24, 2.45) is 0 Å². The number of nitrogens with one attached hydrogen (secondary N) is 1. The molecule has 9 nitrogen and oxygen atoms in total. The lowest BCUT2D eigenvalue weighted by Gasteiger charge is -2.27. The van der Waals surface area contributed by atoms with E-state index in [4.69, 9.17) is 21.3 Å². The van der Waals surface area contributed by atoms with Crippen LogP contribution in [0.3, 0.4) is 0 Å². The molecule has 6 rings (SSSR count). The first-order valence-electron chi connectivity index (χ1n) is 11.7. The summed E-state index contributed by atoms with van der Waals surface area (Å²) in [5.74, 6) is 1.22. The second-order valence-electron chi connectivity index (χ2n) is 8.62. The summed E-state index contributed by atoms with van der Waals surface area (Å²) in [6.07, 6.45) is 3.58. The molecule has 36 heavy (non-hydrogen) atoms. The molecule has 0 radical (unpaired) electrons. The minimum atomic E-state index is -0.410. The van der Waals surface area contributed by atoms with E-state index < -0.39 is 5.91 Å². The van der Waals surface area contributed by atoms with Crippen LogP contribution in [-0.4, -0.2) is 57.7 Å². The zero-order valence-corrected chi connectivity index (χ0v) is 21.1. The van der Waals surface area contributed by atoms with E-state index in [1.165, 1.54) is 11.3 Å². The lowest BCUT2D eigenvalue weighted by molar-refractivity contribution is 0.0953. The van der Waals surface area contributed by atoms with Crippen LogP contribution >= 0.6 is 22.9 Å². The average molecular weight is 523 g/mol. The number of pyridine rings is 2. The first kappa shape index (κ1) is 23.0. The number of carbonyl (C=O) groups excluding carboxylic acids is 1. The highest BCUT2D eigenvalue weighted by Gasteiger charge is 2.24. The van der Waals surface area contributed by atoms with Crippen molar-refractivity contribution in [1.82, 2.24) is 24.3 Å². The Bertz CT molecular complexity index is 1680. The first-order chi connectivity index (χ1) is 17.5. The maximum Gasteiger partial charge on any atom is 0.258 e. The van der Waals surface area contributed by atoms with E-state index in [2.05, 4.69) is 15.2 Å². The number of imidazole rings is 1. The highest BCUT2D eigenvalue weighted by atomic mass is 35.5. The molecule has 1 aromatic carbocycles. The van der Waals surface area contributed by atoms with Gasteiger partial charge < -0.3 is 19.5 Å². The van der Waals surface area contributed by atoms with Gasteiger partial charge in [0.05, 0.1) is 28.8 Å². The summed E-state index contributed by atoms with van der Waals surface area (Å²) in [7, 11) is 0. The van der Waals surface area contributed by atoms with E-state index in [-0.39, 0.29) is 11.0 Å². The molecule has 1 aliphatic heterocycles. The van der Waals surface area contributed by atoms with E-state index in [0.29, 0.717) is 47.2 Å². The summed E-state index contributed by atoms with van der Waals surface area (Å²) in [6.45, 7) is 5.54. The van der Waals surface area contributed by atoms with Crippen LogP contribution in [0.5, 0.6) is 0 Å². The van der Waals surface area contributed by atoms with Gasteiger partial charge in [0.2, 0.25) is 5.43 Å². The van der Waals surface area contributed by atoms with Crippen LogP contribution in [0.4, 0.5) is 5.82 Å². The van der Waals surface area contributed by atoms with Crippen LogP contribution in [0, 0.1) is 6.92 Å². The lowest BCUT2D eigenvalue weighted by Crippen LogP contribution is -2.37. The number of amides is 1. The molecule has 0 spiro atoms. The minimum absolute atomic E-state index is 0.114. The molecule has 0 saturated carbocycles. The summed E-state index contributed by atoms with van der Waals surface area (Å²) in [4.78, 5) is 38.9. The summed E-state index contributed by atoms with van der Waals surface area (Å²) >= 11 is 7.73. The van der Waals surface area contributed by atoms with Gasteiger partial charge in [0.15, 0.2) is 5.65 Å². The number of halogens is 1. The van der Waals surface area contributed by atoms with E-state index >= 15 is 0 Å². The zero-order chi connectivity index (χ0) is 24.8. The quantitative estimate of drug-likeness (QED) is 0.380. The van der Waals surface area contributed by atoms with E-state index in [9.17, 15) is 9.59 Å². The normalized spacial score (nSPS) is 14.2. The van der Waals surface area contributed by atoms with E-state index in [1.807, 2.05) is 40.3 Å². The molecule has 4 aromatic heterocycles. The lowest BCUT2D eigenvalue weighted by atomic mass is 10.1. The molecule has 1 N–H and O–H groups in total. The minimum Gasteiger partial charge on any atom is -0.378 e. The molecule has 1 aliphatic rings. The van der Waals surface area contributed by atoms with Crippen LogP contribution in [0.25, 0.3) is 26.1 Å². The van der Waals surface area contributed by atoms with Crippen molar-refractivity contribution in [3.8, 4) is 0 Å². The van der Waals surface area contributed by atoms with Crippen LogP contribution < -0.4 is 15.6 Å². The van der Waals surface area contributed by atoms with Crippen LogP contribution in [0.15, 0.2) is 47.5 Å². The standard InChI is InChI=1S/C25H23ClN6O3S/c1-15-27-6-8-30(15)9-7-28-24(34)21-22(33)17-3-5-20(31-10-12-35-13-11-31)29-23(17)32-18-14-16(26)2-4-19(18)36-25(21)32/h2-6,8,14H,7,9-13H2,1H3,(H,28,34). The number of nitrogens with zero attached hydrogens (tertiary/aromatic N) is 5. The van der Waals surface area contributed by atoms with Crippen LogP contribution in [-0.2, 0) is 11.3 Å². The number of carbonyl (C=O) groups is 1. The molecule has 1 fully saturated rings. The van der Waals surface area contributed by atoms with Gasteiger partial charge in [-0.15, -0.1) is 11.3 Å². The molecular formula is C25H23ClN6O3S. The van der Waals surface area contributed by atoms with Crippen molar-refractivity contribution in [3.63, 3.8) is 0 Å². The topological polar surface area (TPSA) is 93.8 Å². The molecular weight excluding hydrogens is 500 g/mol. The largest absolute Gasteiger partial charge is 0.378 e. The van der Waals surface area contributed by atoms with Gasteiger partial charge in [-0.1, -0.05) is 11.6 Å². The third-order valence-corrected chi connectivity index (χ3v) is 7.83. The van der Waals surface area contributed by atoms with Crippen molar-refractivity contribution in [1.29, 1.82) is 0 Å². The van der Waals surface area contributed by atoms with Crippen LogP contribution in [0.1, 0.15) is 16.2 Å². The fraction of sp³-hybridized carbons (Fsp3) is 0.280.